The van der Waals surface area contributed by atoms with Gasteiger partial charge in [-0.2, -0.15) is 0 Å². The summed E-state index contributed by atoms with van der Waals surface area (Å²) in [6, 6.07) is 9.37. The maximum absolute atomic E-state index is 12.7. The number of rotatable bonds is 4. The van der Waals surface area contributed by atoms with Gasteiger partial charge < -0.3 is 20.1 Å². The number of urea groups is 1. The molecule has 3 rings (SSSR count). The van der Waals surface area contributed by atoms with E-state index in [0.717, 1.165) is 18.4 Å². The fourth-order valence-corrected chi connectivity index (χ4v) is 3.45. The van der Waals surface area contributed by atoms with Gasteiger partial charge in [0.1, 0.15) is 0 Å². The van der Waals surface area contributed by atoms with Crippen LogP contribution in [-0.4, -0.2) is 47.8 Å². The van der Waals surface area contributed by atoms with Gasteiger partial charge in [0.15, 0.2) is 0 Å². The molecule has 0 spiro atoms. The minimum absolute atomic E-state index is 0.0372. The number of hydrogen-bond donors (Lipinski definition) is 2. The zero-order valence-electron chi connectivity index (χ0n) is 13.9. The molecule has 6 heteroatoms. The number of amides is 2. The van der Waals surface area contributed by atoms with Crippen molar-refractivity contribution in [2.75, 3.05) is 19.7 Å². The molecule has 0 aliphatic carbocycles. The average molecular weight is 332 g/mol. The van der Waals surface area contributed by atoms with Crippen molar-refractivity contribution in [2.45, 2.75) is 38.3 Å². The minimum Gasteiger partial charge on any atom is -0.481 e. The molecule has 3 unspecified atom stereocenters. The Morgan fingerprint density at radius 1 is 1.38 bits per heavy atom. The lowest BCUT2D eigenvalue weighted by atomic mass is 9.90. The highest BCUT2D eigenvalue weighted by molar-refractivity contribution is 5.79. The Morgan fingerprint density at radius 2 is 2.12 bits per heavy atom. The number of carbonyl (C=O) groups is 2. The Morgan fingerprint density at radius 3 is 2.71 bits per heavy atom. The second-order valence-electron chi connectivity index (χ2n) is 6.93. The molecule has 2 amide bonds. The van der Waals surface area contributed by atoms with Crippen LogP contribution in [0.3, 0.4) is 0 Å². The Balaban J connectivity index is 1.71. The predicted molar refractivity (Wildman–Crippen MR) is 88.6 cm³/mol. The van der Waals surface area contributed by atoms with Gasteiger partial charge in [-0.05, 0) is 31.7 Å². The van der Waals surface area contributed by atoms with Crippen LogP contribution in [0.1, 0.15) is 37.8 Å². The smallest absolute Gasteiger partial charge is 0.318 e. The van der Waals surface area contributed by atoms with Crippen molar-refractivity contribution in [3.8, 4) is 0 Å². The highest BCUT2D eigenvalue weighted by Crippen LogP contribution is 2.31. The van der Waals surface area contributed by atoms with Crippen molar-refractivity contribution in [3.63, 3.8) is 0 Å². The third-order valence-electron chi connectivity index (χ3n) is 5.05. The monoisotopic (exact) mass is 332 g/mol. The first-order valence-electron chi connectivity index (χ1n) is 8.45. The van der Waals surface area contributed by atoms with Crippen molar-refractivity contribution in [1.82, 2.24) is 10.2 Å². The molecule has 1 aromatic rings. The second-order valence-corrected chi connectivity index (χ2v) is 6.93. The summed E-state index contributed by atoms with van der Waals surface area (Å²) >= 11 is 0. The number of carboxylic acid groups (broad SMARTS) is 1. The normalized spacial score (nSPS) is 27.9. The summed E-state index contributed by atoms with van der Waals surface area (Å²) in [6.07, 6.45) is 2.34. The molecule has 2 aliphatic heterocycles. The van der Waals surface area contributed by atoms with E-state index in [1.807, 2.05) is 30.3 Å². The molecular formula is C18H24N2O4. The number of carbonyl (C=O) groups excluding carboxylic acids is 1. The number of benzene rings is 1. The fraction of sp³-hybridized carbons (Fsp3) is 0.556. The highest BCUT2D eigenvalue weighted by atomic mass is 16.5. The SMILES string of the molecule is CC1(C(=O)O)CCN(C(=O)NC(c2ccccc2)C2CCCO2)C1. The summed E-state index contributed by atoms with van der Waals surface area (Å²) < 4.78 is 5.78. The number of hydrogen-bond acceptors (Lipinski definition) is 3. The maximum atomic E-state index is 12.7. The molecule has 2 fully saturated rings. The minimum atomic E-state index is -0.858. The lowest BCUT2D eigenvalue weighted by Crippen LogP contribution is -2.45. The molecular weight excluding hydrogens is 308 g/mol. The van der Waals surface area contributed by atoms with Crippen molar-refractivity contribution in [1.29, 1.82) is 0 Å². The lowest BCUT2D eigenvalue weighted by Gasteiger charge is -2.28. The summed E-state index contributed by atoms with van der Waals surface area (Å²) in [6.45, 7) is 3.10. The van der Waals surface area contributed by atoms with Gasteiger partial charge in [-0.25, -0.2) is 4.79 Å². The van der Waals surface area contributed by atoms with Crippen LogP contribution < -0.4 is 5.32 Å². The van der Waals surface area contributed by atoms with Gasteiger partial charge in [0, 0.05) is 19.7 Å². The van der Waals surface area contributed by atoms with Gasteiger partial charge in [0.05, 0.1) is 17.6 Å². The molecule has 130 valence electrons. The van der Waals surface area contributed by atoms with E-state index in [-0.39, 0.29) is 24.7 Å². The number of ether oxygens (including phenoxy) is 1. The number of carboxylic acids is 1. The quantitative estimate of drug-likeness (QED) is 0.887. The number of aliphatic carboxylic acids is 1. The van der Waals surface area contributed by atoms with Crippen molar-refractivity contribution in [3.05, 3.63) is 35.9 Å². The second kappa shape index (κ2) is 6.81. The molecule has 0 aromatic heterocycles. The van der Waals surface area contributed by atoms with Gasteiger partial charge in [0.25, 0.3) is 0 Å². The molecule has 2 saturated heterocycles. The molecule has 0 bridgehead atoms. The summed E-state index contributed by atoms with van der Waals surface area (Å²) in [7, 11) is 0. The first kappa shape index (κ1) is 16.8. The third-order valence-corrected chi connectivity index (χ3v) is 5.05. The molecule has 0 saturated carbocycles. The maximum Gasteiger partial charge on any atom is 0.318 e. The Hall–Kier alpha value is -2.08. The van der Waals surface area contributed by atoms with Crippen molar-refractivity contribution in [2.24, 2.45) is 5.41 Å². The average Bonchev–Trinajstić information content (AvgIpc) is 3.24. The summed E-state index contributed by atoms with van der Waals surface area (Å²) in [5, 5.41) is 12.4. The molecule has 3 atom stereocenters. The van der Waals surface area contributed by atoms with E-state index in [0.29, 0.717) is 19.6 Å². The van der Waals surface area contributed by atoms with Crippen LogP contribution in [0.5, 0.6) is 0 Å². The standard InChI is InChI=1S/C18H24N2O4/c1-18(16(21)22)9-10-20(12-18)17(23)19-15(14-8-5-11-24-14)13-6-3-2-4-7-13/h2-4,6-7,14-15H,5,8-12H2,1H3,(H,19,23)(H,21,22). The van der Waals surface area contributed by atoms with Crippen LogP contribution in [0.15, 0.2) is 30.3 Å². The molecule has 2 N–H and O–H groups in total. The van der Waals surface area contributed by atoms with Crippen LogP contribution in [-0.2, 0) is 9.53 Å². The van der Waals surface area contributed by atoms with E-state index in [1.165, 1.54) is 0 Å². The van der Waals surface area contributed by atoms with E-state index < -0.39 is 11.4 Å². The van der Waals surface area contributed by atoms with Gasteiger partial charge in [-0.3, -0.25) is 4.79 Å². The van der Waals surface area contributed by atoms with Gasteiger partial charge in [-0.1, -0.05) is 30.3 Å². The van der Waals surface area contributed by atoms with E-state index in [1.54, 1.807) is 11.8 Å². The van der Waals surface area contributed by atoms with Crippen LogP contribution >= 0.6 is 0 Å². The fourth-order valence-electron chi connectivity index (χ4n) is 3.45. The van der Waals surface area contributed by atoms with E-state index in [9.17, 15) is 14.7 Å². The van der Waals surface area contributed by atoms with Crippen LogP contribution in [0.25, 0.3) is 0 Å². The first-order chi connectivity index (χ1) is 11.5. The van der Waals surface area contributed by atoms with E-state index in [2.05, 4.69) is 5.32 Å². The number of nitrogens with zero attached hydrogens (tertiary/aromatic N) is 1. The number of nitrogens with one attached hydrogen (secondary N) is 1. The molecule has 24 heavy (non-hydrogen) atoms. The molecule has 6 nitrogen and oxygen atoms in total. The van der Waals surface area contributed by atoms with Gasteiger partial charge >= 0.3 is 12.0 Å². The molecule has 0 radical (unpaired) electrons. The summed E-state index contributed by atoms with van der Waals surface area (Å²) in [5.74, 6) is -0.850. The van der Waals surface area contributed by atoms with Crippen LogP contribution in [0.2, 0.25) is 0 Å². The Labute approximate surface area is 141 Å². The highest BCUT2D eigenvalue weighted by Gasteiger charge is 2.43. The largest absolute Gasteiger partial charge is 0.481 e. The zero-order valence-corrected chi connectivity index (χ0v) is 13.9. The predicted octanol–water partition coefficient (Wildman–Crippen LogP) is 2.41. The Bertz CT molecular complexity index is 600. The zero-order chi connectivity index (χ0) is 17.2. The van der Waals surface area contributed by atoms with Gasteiger partial charge in [-0.15, -0.1) is 0 Å². The number of likely N-dealkylation sites (tertiary alicyclic amines) is 1. The summed E-state index contributed by atoms with van der Waals surface area (Å²) in [4.78, 5) is 25.6. The Kier molecular flexibility index (Phi) is 4.76. The van der Waals surface area contributed by atoms with E-state index in [4.69, 9.17) is 4.74 Å². The third kappa shape index (κ3) is 3.38. The summed E-state index contributed by atoms with van der Waals surface area (Å²) in [5.41, 5.74) is 0.154. The van der Waals surface area contributed by atoms with Crippen molar-refractivity contribution < 1.29 is 19.4 Å². The van der Waals surface area contributed by atoms with Crippen LogP contribution in [0.4, 0.5) is 4.79 Å². The van der Waals surface area contributed by atoms with Crippen LogP contribution in [0, 0.1) is 5.41 Å². The molecule has 2 heterocycles. The van der Waals surface area contributed by atoms with Gasteiger partial charge in [0.2, 0.25) is 0 Å². The van der Waals surface area contributed by atoms with Crippen molar-refractivity contribution >= 4 is 12.0 Å². The lowest BCUT2D eigenvalue weighted by molar-refractivity contribution is -0.147. The molecule has 1 aromatic carbocycles. The topological polar surface area (TPSA) is 78.9 Å². The first-order valence-corrected chi connectivity index (χ1v) is 8.45. The molecule has 2 aliphatic rings. The van der Waals surface area contributed by atoms with E-state index >= 15 is 0 Å².